The number of nitrogens with zero attached hydrogens (tertiary/aromatic N) is 1. The minimum Gasteiger partial charge on any atom is -0.336 e. The molecule has 8 nitrogen and oxygen atoms in total. The van der Waals surface area contributed by atoms with Crippen LogP contribution in [0.15, 0.2) is 29.2 Å². The first-order valence-electron chi connectivity index (χ1n) is 8.12. The normalized spacial score (nSPS) is 19.3. The molecule has 1 aromatic carbocycles. The molecule has 1 heterocycles. The first-order valence-corrected chi connectivity index (χ1v) is 9.60. The number of carbonyl (C=O) groups is 2. The lowest BCUT2D eigenvalue weighted by molar-refractivity contribution is -0.135. The van der Waals surface area contributed by atoms with Crippen LogP contribution in [0, 0.1) is 0 Å². The summed E-state index contributed by atoms with van der Waals surface area (Å²) in [4.78, 5) is 25.2. The van der Waals surface area contributed by atoms with Gasteiger partial charge in [0.1, 0.15) is 0 Å². The van der Waals surface area contributed by atoms with Crippen molar-refractivity contribution in [3.05, 3.63) is 24.3 Å². The van der Waals surface area contributed by atoms with Gasteiger partial charge in [-0.25, -0.2) is 8.42 Å². The Balaban J connectivity index is 2.06. The van der Waals surface area contributed by atoms with Crippen LogP contribution in [0.25, 0.3) is 0 Å². The standard InChI is InChI=1S/C16H24N4O4S/c1-11-10-17-8-9-20(11)16(22)12(2)19-25(23,24)15-6-4-14(5-7-15)18-13(3)21/h4-7,11-12,17,19H,8-10H2,1-3H3,(H,18,21). The fourth-order valence-corrected chi connectivity index (χ4v) is 3.89. The molecule has 0 bridgehead atoms. The lowest BCUT2D eigenvalue weighted by atomic mass is 10.2. The lowest BCUT2D eigenvalue weighted by Gasteiger charge is -2.35. The number of benzene rings is 1. The molecule has 9 heteroatoms. The monoisotopic (exact) mass is 368 g/mol. The van der Waals surface area contributed by atoms with Crippen molar-refractivity contribution in [3.63, 3.8) is 0 Å². The summed E-state index contributed by atoms with van der Waals surface area (Å²) in [5.74, 6) is -0.481. The number of anilines is 1. The molecule has 0 spiro atoms. The Bertz CT molecular complexity index is 733. The Morgan fingerprint density at radius 2 is 1.92 bits per heavy atom. The number of amides is 2. The lowest BCUT2D eigenvalue weighted by Crippen LogP contribution is -2.57. The molecule has 0 aromatic heterocycles. The van der Waals surface area contributed by atoms with Crippen LogP contribution < -0.4 is 15.4 Å². The van der Waals surface area contributed by atoms with E-state index in [2.05, 4.69) is 15.4 Å². The predicted molar refractivity (Wildman–Crippen MR) is 94.6 cm³/mol. The molecule has 25 heavy (non-hydrogen) atoms. The fourth-order valence-electron chi connectivity index (χ4n) is 2.69. The van der Waals surface area contributed by atoms with E-state index >= 15 is 0 Å². The highest BCUT2D eigenvalue weighted by molar-refractivity contribution is 7.89. The van der Waals surface area contributed by atoms with Gasteiger partial charge in [0.05, 0.1) is 10.9 Å². The van der Waals surface area contributed by atoms with Gasteiger partial charge in [0.25, 0.3) is 0 Å². The molecule has 2 atom stereocenters. The summed E-state index contributed by atoms with van der Waals surface area (Å²) in [5, 5.41) is 5.76. The van der Waals surface area contributed by atoms with E-state index in [1.54, 1.807) is 11.8 Å². The SMILES string of the molecule is CC(=O)Nc1ccc(S(=O)(=O)NC(C)C(=O)N2CCNCC2C)cc1. The average molecular weight is 368 g/mol. The number of nitrogens with one attached hydrogen (secondary N) is 3. The number of hydrogen-bond acceptors (Lipinski definition) is 5. The third-order valence-electron chi connectivity index (χ3n) is 3.97. The molecule has 0 radical (unpaired) electrons. The minimum atomic E-state index is -3.83. The molecular weight excluding hydrogens is 344 g/mol. The summed E-state index contributed by atoms with van der Waals surface area (Å²) < 4.78 is 27.4. The van der Waals surface area contributed by atoms with Crippen molar-refractivity contribution in [2.45, 2.75) is 37.8 Å². The molecular formula is C16H24N4O4S. The summed E-state index contributed by atoms with van der Waals surface area (Å²) in [6, 6.07) is 4.93. The maximum absolute atomic E-state index is 12.5. The quantitative estimate of drug-likeness (QED) is 0.685. The molecule has 1 aliphatic rings. The Kier molecular flexibility index (Phi) is 6.15. The molecule has 1 aliphatic heterocycles. The maximum atomic E-state index is 12.5. The number of carbonyl (C=O) groups excluding carboxylic acids is 2. The van der Waals surface area contributed by atoms with Crippen LogP contribution in [0.4, 0.5) is 5.69 Å². The van der Waals surface area contributed by atoms with E-state index in [4.69, 9.17) is 0 Å². The van der Waals surface area contributed by atoms with Crippen LogP contribution >= 0.6 is 0 Å². The van der Waals surface area contributed by atoms with Crippen molar-refractivity contribution in [1.82, 2.24) is 14.9 Å². The summed E-state index contributed by atoms with van der Waals surface area (Å²) in [5.41, 5.74) is 0.505. The zero-order chi connectivity index (χ0) is 18.6. The van der Waals surface area contributed by atoms with Gasteiger partial charge in [0.2, 0.25) is 21.8 Å². The van der Waals surface area contributed by atoms with Crippen molar-refractivity contribution >= 4 is 27.5 Å². The minimum absolute atomic E-state index is 0.0187. The number of sulfonamides is 1. The summed E-state index contributed by atoms with van der Waals surface area (Å²) >= 11 is 0. The molecule has 1 fully saturated rings. The van der Waals surface area contributed by atoms with Crippen LogP contribution in [0.3, 0.4) is 0 Å². The van der Waals surface area contributed by atoms with Gasteiger partial charge in [-0.05, 0) is 38.1 Å². The van der Waals surface area contributed by atoms with Gasteiger partial charge in [-0.3, -0.25) is 9.59 Å². The largest absolute Gasteiger partial charge is 0.336 e. The van der Waals surface area contributed by atoms with Crippen LogP contribution in [0.1, 0.15) is 20.8 Å². The smallest absolute Gasteiger partial charge is 0.241 e. The molecule has 2 unspecified atom stereocenters. The van der Waals surface area contributed by atoms with Crippen molar-refractivity contribution < 1.29 is 18.0 Å². The second-order valence-corrected chi connectivity index (χ2v) is 7.85. The van der Waals surface area contributed by atoms with Crippen molar-refractivity contribution in [1.29, 1.82) is 0 Å². The van der Waals surface area contributed by atoms with Crippen LogP contribution in [0.2, 0.25) is 0 Å². The zero-order valence-electron chi connectivity index (χ0n) is 14.6. The van der Waals surface area contributed by atoms with Gasteiger partial charge in [-0.2, -0.15) is 4.72 Å². The van der Waals surface area contributed by atoms with Crippen molar-refractivity contribution in [2.75, 3.05) is 25.0 Å². The number of hydrogen-bond donors (Lipinski definition) is 3. The van der Waals surface area contributed by atoms with Crippen LogP contribution in [-0.4, -0.2) is 56.9 Å². The maximum Gasteiger partial charge on any atom is 0.241 e. The van der Waals surface area contributed by atoms with E-state index < -0.39 is 16.1 Å². The van der Waals surface area contributed by atoms with E-state index in [0.717, 1.165) is 0 Å². The predicted octanol–water partition coefficient (Wildman–Crippen LogP) is 0.132. The highest BCUT2D eigenvalue weighted by Gasteiger charge is 2.29. The summed E-state index contributed by atoms with van der Waals surface area (Å²) in [6.07, 6.45) is 0. The van der Waals surface area contributed by atoms with Gasteiger partial charge in [-0.1, -0.05) is 0 Å². The van der Waals surface area contributed by atoms with E-state index in [1.807, 2.05) is 6.92 Å². The van der Waals surface area contributed by atoms with Crippen LogP contribution in [-0.2, 0) is 19.6 Å². The summed E-state index contributed by atoms with van der Waals surface area (Å²) in [7, 11) is -3.83. The third kappa shape index (κ3) is 5.00. The van der Waals surface area contributed by atoms with E-state index in [0.29, 0.717) is 25.3 Å². The van der Waals surface area contributed by atoms with E-state index in [-0.39, 0.29) is 22.8 Å². The van der Waals surface area contributed by atoms with Crippen molar-refractivity contribution in [3.8, 4) is 0 Å². The highest BCUT2D eigenvalue weighted by Crippen LogP contribution is 2.15. The average Bonchev–Trinajstić information content (AvgIpc) is 2.54. The molecule has 0 aliphatic carbocycles. The third-order valence-corrected chi connectivity index (χ3v) is 5.53. The molecule has 2 amide bonds. The molecule has 1 saturated heterocycles. The molecule has 2 rings (SSSR count). The summed E-state index contributed by atoms with van der Waals surface area (Å²) in [6.45, 7) is 6.77. The van der Waals surface area contributed by atoms with Gasteiger partial charge >= 0.3 is 0 Å². The number of rotatable bonds is 5. The van der Waals surface area contributed by atoms with Gasteiger partial charge in [0, 0.05) is 38.3 Å². The fraction of sp³-hybridized carbons (Fsp3) is 0.500. The van der Waals surface area contributed by atoms with Gasteiger partial charge in [-0.15, -0.1) is 0 Å². The Morgan fingerprint density at radius 3 is 2.48 bits per heavy atom. The Morgan fingerprint density at radius 1 is 1.28 bits per heavy atom. The second-order valence-electron chi connectivity index (χ2n) is 6.13. The first kappa shape index (κ1) is 19.4. The number of piperazine rings is 1. The topological polar surface area (TPSA) is 108 Å². The Hall–Kier alpha value is -1.97. The van der Waals surface area contributed by atoms with Crippen LogP contribution in [0.5, 0.6) is 0 Å². The second kappa shape index (κ2) is 7.94. The van der Waals surface area contributed by atoms with E-state index in [1.165, 1.54) is 31.2 Å². The molecule has 138 valence electrons. The van der Waals surface area contributed by atoms with Crippen molar-refractivity contribution in [2.24, 2.45) is 0 Å². The molecule has 1 aromatic rings. The van der Waals surface area contributed by atoms with E-state index in [9.17, 15) is 18.0 Å². The molecule has 3 N–H and O–H groups in total. The zero-order valence-corrected chi connectivity index (χ0v) is 15.4. The molecule has 0 saturated carbocycles. The van der Waals surface area contributed by atoms with Gasteiger partial charge in [0.15, 0.2) is 0 Å². The Labute approximate surface area is 148 Å². The highest BCUT2D eigenvalue weighted by atomic mass is 32.2. The van der Waals surface area contributed by atoms with Gasteiger partial charge < -0.3 is 15.5 Å². The first-order chi connectivity index (χ1) is 11.7.